The number of aldehydes is 1. The second-order valence-electron chi connectivity index (χ2n) is 6.87. The summed E-state index contributed by atoms with van der Waals surface area (Å²) in [7, 11) is 1.35. The van der Waals surface area contributed by atoms with Crippen molar-refractivity contribution >= 4 is 18.0 Å². The molecule has 29 heavy (non-hydrogen) atoms. The van der Waals surface area contributed by atoms with Crippen molar-refractivity contribution in [2.24, 2.45) is 0 Å². The lowest BCUT2D eigenvalue weighted by Crippen LogP contribution is -2.09. The van der Waals surface area contributed by atoms with Crippen molar-refractivity contribution in [3.63, 3.8) is 0 Å². The van der Waals surface area contributed by atoms with Crippen LogP contribution in [-0.2, 0) is 11.2 Å². The Labute approximate surface area is 170 Å². The molecule has 146 valence electrons. The standard InChI is InChI=1S/C25H22O4/c1-17(27)19-9-7-18(8-10-19)15-24(23-6-4-3-5-22(23)16-26)20-11-13-21(14-12-20)25(28)29-2/h3-14,16,24H,15H2,1-2H3. The fourth-order valence-corrected chi connectivity index (χ4v) is 3.42. The maximum Gasteiger partial charge on any atom is 0.337 e. The minimum atomic E-state index is -0.388. The smallest absolute Gasteiger partial charge is 0.337 e. The van der Waals surface area contributed by atoms with E-state index in [-0.39, 0.29) is 17.7 Å². The SMILES string of the molecule is COC(=O)c1ccc(C(Cc2ccc(C(C)=O)cc2)c2ccccc2C=O)cc1. The molecule has 0 heterocycles. The van der Waals surface area contributed by atoms with Crippen LogP contribution >= 0.6 is 0 Å². The predicted octanol–water partition coefficient (Wildman–Crippen LogP) is 4.86. The zero-order valence-electron chi connectivity index (χ0n) is 16.4. The molecule has 0 N–H and O–H groups in total. The minimum Gasteiger partial charge on any atom is -0.465 e. The number of ether oxygens (including phenoxy) is 1. The molecule has 0 aliphatic carbocycles. The Morgan fingerprint density at radius 1 is 0.897 bits per heavy atom. The molecule has 0 spiro atoms. The van der Waals surface area contributed by atoms with Crippen molar-refractivity contribution in [1.29, 1.82) is 0 Å². The summed E-state index contributed by atoms with van der Waals surface area (Å²) in [6.45, 7) is 1.54. The summed E-state index contributed by atoms with van der Waals surface area (Å²) in [4.78, 5) is 34.9. The van der Waals surface area contributed by atoms with E-state index >= 15 is 0 Å². The number of carbonyl (C=O) groups is 3. The zero-order valence-corrected chi connectivity index (χ0v) is 16.4. The van der Waals surface area contributed by atoms with E-state index in [9.17, 15) is 14.4 Å². The lowest BCUT2D eigenvalue weighted by atomic mass is 9.83. The van der Waals surface area contributed by atoms with Gasteiger partial charge >= 0.3 is 5.97 Å². The molecule has 1 atom stereocenters. The first kappa shape index (κ1) is 20.2. The number of benzene rings is 3. The largest absolute Gasteiger partial charge is 0.465 e. The highest BCUT2D eigenvalue weighted by molar-refractivity contribution is 5.94. The van der Waals surface area contributed by atoms with Crippen LogP contribution in [0.15, 0.2) is 72.8 Å². The molecule has 0 aliphatic rings. The topological polar surface area (TPSA) is 60.4 Å². The van der Waals surface area contributed by atoms with Gasteiger partial charge in [-0.1, -0.05) is 60.7 Å². The van der Waals surface area contributed by atoms with Gasteiger partial charge in [-0.05, 0) is 42.2 Å². The molecule has 0 saturated heterocycles. The van der Waals surface area contributed by atoms with Gasteiger partial charge in [0.2, 0.25) is 0 Å². The fraction of sp³-hybridized carbons (Fsp3) is 0.160. The summed E-state index contributed by atoms with van der Waals surface area (Å²) >= 11 is 0. The predicted molar refractivity (Wildman–Crippen MR) is 112 cm³/mol. The van der Waals surface area contributed by atoms with E-state index < -0.39 is 0 Å². The van der Waals surface area contributed by atoms with Gasteiger partial charge in [-0.15, -0.1) is 0 Å². The van der Waals surface area contributed by atoms with Gasteiger partial charge in [0.25, 0.3) is 0 Å². The van der Waals surface area contributed by atoms with Crippen LogP contribution in [0, 0.1) is 0 Å². The number of hydrogen-bond acceptors (Lipinski definition) is 4. The fourth-order valence-electron chi connectivity index (χ4n) is 3.42. The monoisotopic (exact) mass is 386 g/mol. The number of esters is 1. The Morgan fingerprint density at radius 2 is 1.52 bits per heavy atom. The van der Waals surface area contributed by atoms with E-state index in [1.54, 1.807) is 25.1 Å². The summed E-state index contributed by atoms with van der Waals surface area (Å²) in [5, 5.41) is 0. The summed E-state index contributed by atoms with van der Waals surface area (Å²) in [6.07, 6.45) is 1.52. The molecule has 4 nitrogen and oxygen atoms in total. The molecule has 0 radical (unpaired) electrons. The van der Waals surface area contributed by atoms with Crippen LogP contribution < -0.4 is 0 Å². The third kappa shape index (κ3) is 4.66. The third-order valence-electron chi connectivity index (χ3n) is 5.03. The zero-order chi connectivity index (χ0) is 20.8. The second-order valence-corrected chi connectivity index (χ2v) is 6.87. The maximum atomic E-state index is 11.7. The van der Waals surface area contributed by atoms with E-state index in [1.807, 2.05) is 54.6 Å². The Kier molecular flexibility index (Phi) is 6.35. The van der Waals surface area contributed by atoms with Gasteiger partial charge in [-0.3, -0.25) is 9.59 Å². The number of Topliss-reactive ketones (excluding diaryl/α,β-unsaturated/α-hetero) is 1. The molecule has 3 rings (SSSR count). The molecule has 0 aliphatic heterocycles. The Bertz CT molecular complexity index is 1020. The molecule has 1 unspecified atom stereocenters. The van der Waals surface area contributed by atoms with Gasteiger partial charge in [0, 0.05) is 17.0 Å². The van der Waals surface area contributed by atoms with Crippen molar-refractivity contribution in [2.45, 2.75) is 19.3 Å². The Hall–Kier alpha value is -3.53. The van der Waals surface area contributed by atoms with Gasteiger partial charge in [0.1, 0.15) is 6.29 Å². The summed E-state index contributed by atoms with van der Waals surface area (Å²) in [5.74, 6) is -0.440. The molecule has 0 bridgehead atoms. The van der Waals surface area contributed by atoms with Crippen LogP contribution in [0.4, 0.5) is 0 Å². The average molecular weight is 386 g/mol. The highest BCUT2D eigenvalue weighted by Gasteiger charge is 2.19. The molecule has 3 aromatic carbocycles. The van der Waals surface area contributed by atoms with Crippen molar-refractivity contribution in [3.05, 3.63) is 106 Å². The molecule has 0 fully saturated rings. The van der Waals surface area contributed by atoms with Crippen molar-refractivity contribution in [2.75, 3.05) is 7.11 Å². The first-order chi connectivity index (χ1) is 14.0. The normalized spacial score (nSPS) is 11.5. The molecule has 3 aromatic rings. The van der Waals surface area contributed by atoms with Gasteiger partial charge in [0.15, 0.2) is 5.78 Å². The molecular weight excluding hydrogens is 364 g/mol. The van der Waals surface area contributed by atoms with Gasteiger partial charge < -0.3 is 4.74 Å². The van der Waals surface area contributed by atoms with E-state index in [1.165, 1.54) is 7.11 Å². The summed E-state index contributed by atoms with van der Waals surface area (Å²) < 4.78 is 4.77. The van der Waals surface area contributed by atoms with Crippen LogP contribution in [0.5, 0.6) is 0 Å². The molecule has 0 saturated carbocycles. The molecule has 0 aromatic heterocycles. The summed E-state index contributed by atoms with van der Waals surface area (Å²) in [5.41, 5.74) is 4.74. The number of carbonyl (C=O) groups excluding carboxylic acids is 3. The number of hydrogen-bond donors (Lipinski definition) is 0. The van der Waals surface area contributed by atoms with Crippen LogP contribution in [0.2, 0.25) is 0 Å². The van der Waals surface area contributed by atoms with Crippen molar-refractivity contribution < 1.29 is 19.1 Å². The van der Waals surface area contributed by atoms with Crippen LogP contribution in [-0.4, -0.2) is 25.1 Å². The molecule has 0 amide bonds. The molecule has 4 heteroatoms. The highest BCUT2D eigenvalue weighted by atomic mass is 16.5. The van der Waals surface area contributed by atoms with E-state index in [0.717, 1.165) is 23.0 Å². The van der Waals surface area contributed by atoms with Gasteiger partial charge in [-0.25, -0.2) is 4.79 Å². The quantitative estimate of drug-likeness (QED) is 0.330. The Morgan fingerprint density at radius 3 is 2.10 bits per heavy atom. The molecular formula is C25H22O4. The van der Waals surface area contributed by atoms with E-state index in [4.69, 9.17) is 4.74 Å². The highest BCUT2D eigenvalue weighted by Crippen LogP contribution is 2.31. The van der Waals surface area contributed by atoms with Crippen molar-refractivity contribution in [3.8, 4) is 0 Å². The van der Waals surface area contributed by atoms with Gasteiger partial charge in [-0.2, -0.15) is 0 Å². The second kappa shape index (κ2) is 9.11. The Balaban J connectivity index is 2.01. The van der Waals surface area contributed by atoms with E-state index in [2.05, 4.69) is 0 Å². The van der Waals surface area contributed by atoms with Crippen molar-refractivity contribution in [1.82, 2.24) is 0 Å². The first-order valence-electron chi connectivity index (χ1n) is 9.35. The van der Waals surface area contributed by atoms with Gasteiger partial charge in [0.05, 0.1) is 12.7 Å². The first-order valence-corrected chi connectivity index (χ1v) is 9.35. The minimum absolute atomic E-state index is 0.0257. The number of ketones is 1. The lowest BCUT2D eigenvalue weighted by molar-refractivity contribution is 0.0600. The maximum absolute atomic E-state index is 11.7. The number of rotatable bonds is 7. The van der Waals surface area contributed by atoms with E-state index in [0.29, 0.717) is 23.1 Å². The average Bonchev–Trinajstić information content (AvgIpc) is 2.77. The lowest BCUT2D eigenvalue weighted by Gasteiger charge is -2.20. The van der Waals surface area contributed by atoms with Crippen LogP contribution in [0.1, 0.15) is 60.6 Å². The van der Waals surface area contributed by atoms with Crippen LogP contribution in [0.25, 0.3) is 0 Å². The summed E-state index contributed by atoms with van der Waals surface area (Å²) in [6, 6.07) is 22.3. The number of methoxy groups -OCH3 is 1. The third-order valence-corrected chi connectivity index (χ3v) is 5.03. The van der Waals surface area contributed by atoms with Crippen LogP contribution in [0.3, 0.4) is 0 Å².